The van der Waals surface area contributed by atoms with Crippen LogP contribution in [0.15, 0.2) is 22.3 Å². The Morgan fingerprint density at radius 1 is 1.11 bits per heavy atom. The van der Waals surface area contributed by atoms with Crippen LogP contribution in [-0.4, -0.2) is 51.1 Å². The first-order chi connectivity index (χ1) is 16.6. The van der Waals surface area contributed by atoms with Gasteiger partial charge in [0.05, 0.1) is 9.50 Å². The fourth-order valence-electron chi connectivity index (χ4n) is 3.28. The predicted octanol–water partition coefficient (Wildman–Crippen LogP) is 7.94. The van der Waals surface area contributed by atoms with E-state index in [0.29, 0.717) is 12.8 Å². The van der Waals surface area contributed by atoms with Crippen LogP contribution in [-0.2, 0) is 14.3 Å². The summed E-state index contributed by atoms with van der Waals surface area (Å²) >= 11 is 18.0. The summed E-state index contributed by atoms with van der Waals surface area (Å²) in [4.78, 5) is 25.2. The lowest BCUT2D eigenvalue weighted by Crippen LogP contribution is -2.44. The van der Waals surface area contributed by atoms with Crippen molar-refractivity contribution in [3.05, 3.63) is 22.3 Å². The van der Waals surface area contributed by atoms with Crippen molar-refractivity contribution in [2.24, 2.45) is 23.2 Å². The van der Waals surface area contributed by atoms with E-state index in [1.165, 1.54) is 22.6 Å². The summed E-state index contributed by atoms with van der Waals surface area (Å²) in [6.07, 6.45) is -3.69. The Labute approximate surface area is 246 Å². The Kier molecular flexibility index (Phi) is 18.3. The summed E-state index contributed by atoms with van der Waals surface area (Å²) in [5.41, 5.74) is -0.875. The van der Waals surface area contributed by atoms with Gasteiger partial charge in [-0.15, -0.1) is 6.58 Å². The van der Waals surface area contributed by atoms with Crippen LogP contribution < -0.4 is 0 Å². The number of hydrogen-bond donors (Lipinski definition) is 2. The molecule has 0 aliphatic heterocycles. The standard InChI is InChI=1S/C19H31Cl3O6.C5H6F3I/c1-7-8-11(2)15(28-17(26)27-10-19(20,21)22)13(4)16(25)18(5,6)12(3)9-14(23)24;1-2-3-4(9)5(6,7)8/h7,11-15,23-24H,1,8-10H2,2-6H3;3H,2H2,1H3/b;4-3-/t11-,12-,13+,15-;/m0./s1. The summed E-state index contributed by atoms with van der Waals surface area (Å²) in [5, 5.41) is 18.5. The van der Waals surface area contributed by atoms with E-state index in [1.54, 1.807) is 40.7 Å². The van der Waals surface area contributed by atoms with Crippen LogP contribution in [0.5, 0.6) is 0 Å². The number of Topliss-reactive ketones (excluding diaryl/α,β-unsaturated/α-hetero) is 1. The van der Waals surface area contributed by atoms with Gasteiger partial charge in [-0.25, -0.2) is 4.79 Å². The van der Waals surface area contributed by atoms with Crippen molar-refractivity contribution in [2.45, 2.75) is 83.2 Å². The molecule has 0 radical (unpaired) electrons. The second-order valence-corrected chi connectivity index (χ2v) is 12.9. The van der Waals surface area contributed by atoms with Crippen LogP contribution in [0, 0.1) is 23.2 Å². The molecule has 13 heteroatoms. The van der Waals surface area contributed by atoms with E-state index >= 15 is 0 Å². The average molecular weight is 712 g/mol. The first kappa shape index (κ1) is 38.9. The molecule has 6 nitrogen and oxygen atoms in total. The molecule has 4 atom stereocenters. The van der Waals surface area contributed by atoms with Gasteiger partial charge in [0.2, 0.25) is 3.79 Å². The first-order valence-electron chi connectivity index (χ1n) is 11.5. The van der Waals surface area contributed by atoms with Crippen molar-refractivity contribution >= 4 is 69.3 Å². The van der Waals surface area contributed by atoms with Crippen LogP contribution in [0.25, 0.3) is 0 Å². The van der Waals surface area contributed by atoms with Gasteiger partial charge in [0.25, 0.3) is 0 Å². The maximum atomic E-state index is 13.2. The van der Waals surface area contributed by atoms with E-state index in [-0.39, 0.29) is 24.0 Å². The molecule has 218 valence electrons. The van der Waals surface area contributed by atoms with Crippen molar-refractivity contribution in [3.63, 3.8) is 0 Å². The minimum atomic E-state index is -4.14. The van der Waals surface area contributed by atoms with Gasteiger partial charge in [-0.2, -0.15) is 13.2 Å². The number of alkyl halides is 6. The van der Waals surface area contributed by atoms with Crippen LogP contribution in [0.2, 0.25) is 0 Å². The summed E-state index contributed by atoms with van der Waals surface area (Å²) < 4.78 is 42.6. The van der Waals surface area contributed by atoms with Crippen molar-refractivity contribution < 1.29 is 42.4 Å². The normalized spacial score (nSPS) is 16.2. The molecular formula is C24H37Cl3F3IO6. The van der Waals surface area contributed by atoms with Crippen LogP contribution in [0.3, 0.4) is 0 Å². The molecule has 0 aromatic carbocycles. The van der Waals surface area contributed by atoms with Crippen LogP contribution in [0.1, 0.15) is 60.8 Å². The number of hydrogen-bond acceptors (Lipinski definition) is 6. The number of aliphatic hydroxyl groups is 2. The zero-order chi connectivity index (χ0) is 29.8. The van der Waals surface area contributed by atoms with Gasteiger partial charge in [-0.1, -0.05) is 88.5 Å². The van der Waals surface area contributed by atoms with E-state index in [0.717, 1.165) is 6.08 Å². The van der Waals surface area contributed by atoms with E-state index in [2.05, 4.69) is 6.58 Å². The lowest BCUT2D eigenvalue weighted by Gasteiger charge is -2.36. The van der Waals surface area contributed by atoms with E-state index in [4.69, 9.17) is 44.3 Å². The zero-order valence-corrected chi connectivity index (χ0v) is 26.2. The molecular weight excluding hydrogens is 675 g/mol. The number of allylic oxidation sites excluding steroid dienone is 3. The van der Waals surface area contributed by atoms with Crippen molar-refractivity contribution in [1.82, 2.24) is 0 Å². The van der Waals surface area contributed by atoms with E-state index in [1.807, 2.05) is 6.92 Å². The van der Waals surface area contributed by atoms with Gasteiger partial charge in [0.15, 0.2) is 6.29 Å². The summed E-state index contributed by atoms with van der Waals surface area (Å²) in [6, 6.07) is 0. The Balaban J connectivity index is 0. The molecule has 0 saturated heterocycles. The monoisotopic (exact) mass is 710 g/mol. The Morgan fingerprint density at radius 3 is 1.97 bits per heavy atom. The van der Waals surface area contributed by atoms with Gasteiger partial charge in [0.1, 0.15) is 18.5 Å². The zero-order valence-electron chi connectivity index (χ0n) is 21.8. The Hall–Kier alpha value is -0.270. The molecule has 0 unspecified atom stereocenters. The van der Waals surface area contributed by atoms with E-state index in [9.17, 15) is 33.0 Å². The number of carbonyl (C=O) groups is 2. The van der Waals surface area contributed by atoms with Crippen LogP contribution >= 0.6 is 57.4 Å². The maximum absolute atomic E-state index is 13.2. The number of ketones is 1. The predicted molar refractivity (Wildman–Crippen MR) is 149 cm³/mol. The minimum absolute atomic E-state index is 0.0461. The molecule has 0 amide bonds. The van der Waals surface area contributed by atoms with E-state index < -0.39 is 50.0 Å². The highest BCUT2D eigenvalue weighted by Crippen LogP contribution is 2.36. The lowest BCUT2D eigenvalue weighted by molar-refractivity contribution is -0.141. The van der Waals surface area contributed by atoms with Gasteiger partial charge < -0.3 is 19.7 Å². The molecule has 0 aromatic heterocycles. The fourth-order valence-corrected chi connectivity index (χ4v) is 3.88. The van der Waals surface area contributed by atoms with Gasteiger partial charge >= 0.3 is 12.3 Å². The third-order valence-electron chi connectivity index (χ3n) is 5.68. The third-order valence-corrected chi connectivity index (χ3v) is 7.06. The Bertz CT molecular complexity index is 755. The third kappa shape index (κ3) is 16.4. The maximum Gasteiger partial charge on any atom is 0.508 e. The molecule has 37 heavy (non-hydrogen) atoms. The van der Waals surface area contributed by atoms with Gasteiger partial charge in [0, 0.05) is 11.8 Å². The molecule has 2 N–H and O–H groups in total. The van der Waals surface area contributed by atoms with Gasteiger partial charge in [-0.3, -0.25) is 4.79 Å². The molecule has 0 aliphatic rings. The summed E-state index contributed by atoms with van der Waals surface area (Å²) in [7, 11) is 0. The number of halogens is 7. The minimum Gasteiger partial charge on any atom is -0.430 e. The molecule has 0 bridgehead atoms. The molecule has 0 rings (SSSR count). The van der Waals surface area contributed by atoms with Crippen molar-refractivity contribution in [1.29, 1.82) is 0 Å². The number of ether oxygens (including phenoxy) is 2. The molecule has 0 spiro atoms. The van der Waals surface area contributed by atoms with Crippen LogP contribution in [0.4, 0.5) is 18.0 Å². The highest BCUT2D eigenvalue weighted by molar-refractivity contribution is 14.1. The molecule has 0 aliphatic carbocycles. The molecule has 0 saturated carbocycles. The van der Waals surface area contributed by atoms with Gasteiger partial charge in [-0.05, 0) is 47.3 Å². The number of aliphatic hydroxyl groups excluding tert-OH is 1. The molecule has 0 fully saturated rings. The first-order valence-corrected chi connectivity index (χ1v) is 13.7. The van der Waals surface area contributed by atoms with Crippen molar-refractivity contribution in [3.8, 4) is 0 Å². The largest absolute Gasteiger partial charge is 0.508 e. The Morgan fingerprint density at radius 2 is 1.62 bits per heavy atom. The quantitative estimate of drug-likeness (QED) is 0.0703. The topological polar surface area (TPSA) is 93.1 Å². The molecule has 0 aromatic rings. The number of carbonyl (C=O) groups excluding carboxylic acids is 2. The summed E-state index contributed by atoms with van der Waals surface area (Å²) in [5.74, 6) is -1.38. The smallest absolute Gasteiger partial charge is 0.430 e. The van der Waals surface area contributed by atoms with Crippen molar-refractivity contribution in [2.75, 3.05) is 6.61 Å². The highest BCUT2D eigenvalue weighted by Gasteiger charge is 2.42. The average Bonchev–Trinajstić information content (AvgIpc) is 2.74. The summed E-state index contributed by atoms with van der Waals surface area (Å²) in [6.45, 7) is 13.6. The highest BCUT2D eigenvalue weighted by atomic mass is 127. The lowest BCUT2D eigenvalue weighted by atomic mass is 9.69. The molecule has 0 heterocycles. The SMILES string of the molecule is C=CC[C@H](C)[C@H](OC(=O)OCC(Cl)(Cl)Cl)[C@@H](C)C(=O)C(C)(C)[C@@H](C)CC(O)O.CC/C=C(\I)C(F)(F)F. The number of rotatable bonds is 12. The second-order valence-electron chi connectivity index (χ2n) is 9.19. The fraction of sp³-hybridized carbons (Fsp3) is 0.750. The second kappa shape index (κ2) is 17.4.